The first-order valence-corrected chi connectivity index (χ1v) is 6.06. The molecule has 0 amide bonds. The van der Waals surface area contributed by atoms with E-state index >= 15 is 0 Å². The molecule has 0 aromatic carbocycles. The minimum Gasteiger partial charge on any atom is -0.351 e. The van der Waals surface area contributed by atoms with Gasteiger partial charge in [0.1, 0.15) is 0 Å². The van der Waals surface area contributed by atoms with Crippen LogP contribution < -0.4 is 5.32 Å². The first kappa shape index (κ1) is 14.9. The van der Waals surface area contributed by atoms with E-state index < -0.39 is 0 Å². The van der Waals surface area contributed by atoms with Crippen LogP contribution in [0.25, 0.3) is 0 Å². The van der Waals surface area contributed by atoms with Crippen molar-refractivity contribution in [1.82, 2.24) is 5.32 Å². The number of ether oxygens (including phenoxy) is 2. The molecule has 1 N–H and O–H groups in total. The van der Waals surface area contributed by atoms with E-state index in [9.17, 15) is 0 Å². The Morgan fingerprint density at radius 3 is 1.87 bits per heavy atom. The first-order chi connectivity index (χ1) is 7.15. The normalized spacial score (nSPS) is 13.8. The number of hydrogen-bond acceptors (Lipinski definition) is 3. The number of rotatable bonds is 9. The zero-order valence-electron chi connectivity index (χ0n) is 10.9. The average molecular weight is 217 g/mol. The highest BCUT2D eigenvalue weighted by Gasteiger charge is 2.20. The maximum absolute atomic E-state index is 5.58. The molecule has 3 nitrogen and oxygen atoms in total. The molecule has 0 aromatic heterocycles. The van der Waals surface area contributed by atoms with E-state index in [4.69, 9.17) is 9.47 Å². The number of likely N-dealkylation sites (N-methyl/N-ethyl adjacent to an activating group) is 1. The van der Waals surface area contributed by atoms with Crippen molar-refractivity contribution in [3.63, 3.8) is 0 Å². The van der Waals surface area contributed by atoms with Gasteiger partial charge >= 0.3 is 0 Å². The highest BCUT2D eigenvalue weighted by atomic mass is 16.7. The van der Waals surface area contributed by atoms with Crippen LogP contribution in [-0.4, -0.2) is 32.6 Å². The SMILES string of the molecule is CCOC(OCC)C(CCC(C)C)NC. The van der Waals surface area contributed by atoms with Crippen LogP contribution in [0.5, 0.6) is 0 Å². The summed E-state index contributed by atoms with van der Waals surface area (Å²) in [5, 5.41) is 3.28. The lowest BCUT2D eigenvalue weighted by molar-refractivity contribution is -0.154. The van der Waals surface area contributed by atoms with Crippen LogP contribution in [0, 0.1) is 5.92 Å². The summed E-state index contributed by atoms with van der Waals surface area (Å²) in [5.74, 6) is 0.727. The van der Waals surface area contributed by atoms with Gasteiger partial charge in [-0.15, -0.1) is 0 Å². The molecule has 0 saturated carbocycles. The highest BCUT2D eigenvalue weighted by Crippen LogP contribution is 2.12. The van der Waals surface area contributed by atoms with Crippen LogP contribution in [-0.2, 0) is 9.47 Å². The quantitative estimate of drug-likeness (QED) is 0.602. The smallest absolute Gasteiger partial charge is 0.172 e. The van der Waals surface area contributed by atoms with Gasteiger partial charge in [-0.25, -0.2) is 0 Å². The highest BCUT2D eigenvalue weighted by molar-refractivity contribution is 4.69. The van der Waals surface area contributed by atoms with Crippen molar-refractivity contribution in [3.8, 4) is 0 Å². The van der Waals surface area contributed by atoms with Gasteiger partial charge in [-0.1, -0.05) is 13.8 Å². The van der Waals surface area contributed by atoms with Gasteiger partial charge in [0.05, 0.1) is 6.04 Å². The topological polar surface area (TPSA) is 30.5 Å². The second-order valence-electron chi connectivity index (χ2n) is 4.15. The summed E-state index contributed by atoms with van der Waals surface area (Å²) >= 11 is 0. The molecule has 0 aliphatic carbocycles. The maximum atomic E-state index is 5.58. The summed E-state index contributed by atoms with van der Waals surface area (Å²) in [6.45, 7) is 9.88. The van der Waals surface area contributed by atoms with E-state index in [1.807, 2.05) is 20.9 Å². The molecular formula is C12H27NO2. The predicted molar refractivity (Wildman–Crippen MR) is 64.0 cm³/mol. The molecule has 0 fully saturated rings. The van der Waals surface area contributed by atoms with Crippen molar-refractivity contribution in [3.05, 3.63) is 0 Å². The van der Waals surface area contributed by atoms with Gasteiger partial charge in [-0.05, 0) is 39.7 Å². The average Bonchev–Trinajstić information content (AvgIpc) is 2.19. The molecule has 0 radical (unpaired) electrons. The molecule has 0 saturated heterocycles. The molecule has 0 heterocycles. The fraction of sp³-hybridized carbons (Fsp3) is 1.00. The third-order valence-electron chi connectivity index (χ3n) is 2.42. The lowest BCUT2D eigenvalue weighted by atomic mass is 10.0. The van der Waals surface area contributed by atoms with Crippen molar-refractivity contribution >= 4 is 0 Å². The second kappa shape index (κ2) is 9.13. The molecule has 0 aromatic rings. The predicted octanol–water partition coefficient (Wildman–Crippen LogP) is 2.41. The monoisotopic (exact) mass is 217 g/mol. The third kappa shape index (κ3) is 6.88. The Balaban J connectivity index is 4.05. The Bertz CT molecular complexity index is 134. The summed E-state index contributed by atoms with van der Waals surface area (Å²) in [6, 6.07) is 0.298. The second-order valence-corrected chi connectivity index (χ2v) is 4.15. The molecular weight excluding hydrogens is 190 g/mol. The lowest BCUT2D eigenvalue weighted by Crippen LogP contribution is -2.41. The van der Waals surface area contributed by atoms with Gasteiger partial charge in [0, 0.05) is 13.2 Å². The van der Waals surface area contributed by atoms with E-state index in [2.05, 4.69) is 19.2 Å². The van der Waals surface area contributed by atoms with Crippen LogP contribution in [0.15, 0.2) is 0 Å². The Morgan fingerprint density at radius 2 is 1.53 bits per heavy atom. The van der Waals surface area contributed by atoms with Gasteiger partial charge in [0.15, 0.2) is 6.29 Å². The molecule has 92 valence electrons. The zero-order valence-corrected chi connectivity index (χ0v) is 10.9. The fourth-order valence-corrected chi connectivity index (χ4v) is 1.54. The Hall–Kier alpha value is -0.120. The van der Waals surface area contributed by atoms with Gasteiger partial charge in [-0.2, -0.15) is 0 Å². The van der Waals surface area contributed by atoms with Crippen LogP contribution >= 0.6 is 0 Å². The van der Waals surface area contributed by atoms with Crippen LogP contribution in [0.4, 0.5) is 0 Å². The van der Waals surface area contributed by atoms with E-state index in [1.54, 1.807) is 0 Å². The van der Waals surface area contributed by atoms with Crippen LogP contribution in [0.1, 0.15) is 40.5 Å². The van der Waals surface area contributed by atoms with E-state index in [0.717, 1.165) is 12.3 Å². The molecule has 15 heavy (non-hydrogen) atoms. The largest absolute Gasteiger partial charge is 0.351 e. The van der Waals surface area contributed by atoms with Crippen molar-refractivity contribution in [1.29, 1.82) is 0 Å². The van der Waals surface area contributed by atoms with Crippen molar-refractivity contribution in [2.75, 3.05) is 20.3 Å². The molecule has 0 bridgehead atoms. The van der Waals surface area contributed by atoms with Crippen molar-refractivity contribution in [2.45, 2.75) is 52.9 Å². The summed E-state index contributed by atoms with van der Waals surface area (Å²) in [5.41, 5.74) is 0. The molecule has 0 spiro atoms. The Kier molecular flexibility index (Phi) is 9.06. The van der Waals surface area contributed by atoms with Gasteiger partial charge < -0.3 is 14.8 Å². The molecule has 3 heteroatoms. The van der Waals surface area contributed by atoms with Crippen molar-refractivity contribution < 1.29 is 9.47 Å². The third-order valence-corrected chi connectivity index (χ3v) is 2.42. The molecule has 1 atom stereocenters. The Labute approximate surface area is 94.5 Å². The van der Waals surface area contributed by atoms with Crippen LogP contribution in [0.3, 0.4) is 0 Å². The van der Waals surface area contributed by atoms with Gasteiger partial charge in [0.2, 0.25) is 0 Å². The molecule has 0 aliphatic rings. The summed E-state index contributed by atoms with van der Waals surface area (Å²) in [7, 11) is 1.97. The number of hydrogen-bond donors (Lipinski definition) is 1. The number of nitrogens with one attached hydrogen (secondary N) is 1. The lowest BCUT2D eigenvalue weighted by Gasteiger charge is -2.26. The standard InChI is InChI=1S/C12H27NO2/c1-6-14-12(15-7-2)11(13-5)9-8-10(3)4/h10-13H,6-9H2,1-5H3. The maximum Gasteiger partial charge on any atom is 0.172 e. The van der Waals surface area contributed by atoms with E-state index in [1.165, 1.54) is 6.42 Å². The summed E-state index contributed by atoms with van der Waals surface area (Å²) in [6.07, 6.45) is 2.19. The molecule has 1 unspecified atom stereocenters. The molecule has 0 rings (SSSR count). The van der Waals surface area contributed by atoms with E-state index in [0.29, 0.717) is 19.3 Å². The van der Waals surface area contributed by atoms with Gasteiger partial charge in [-0.3, -0.25) is 0 Å². The van der Waals surface area contributed by atoms with E-state index in [-0.39, 0.29) is 6.29 Å². The summed E-state index contributed by atoms with van der Waals surface area (Å²) in [4.78, 5) is 0. The minimum atomic E-state index is -0.108. The van der Waals surface area contributed by atoms with Crippen molar-refractivity contribution in [2.24, 2.45) is 5.92 Å². The fourth-order valence-electron chi connectivity index (χ4n) is 1.54. The zero-order chi connectivity index (χ0) is 11.7. The Morgan fingerprint density at radius 1 is 1.00 bits per heavy atom. The molecule has 0 aliphatic heterocycles. The summed E-state index contributed by atoms with van der Waals surface area (Å²) < 4.78 is 11.2. The van der Waals surface area contributed by atoms with Gasteiger partial charge in [0.25, 0.3) is 0 Å². The van der Waals surface area contributed by atoms with Crippen LogP contribution in [0.2, 0.25) is 0 Å². The minimum absolute atomic E-state index is 0.108. The first-order valence-electron chi connectivity index (χ1n) is 6.06.